The molecule has 1 amide bonds. The second kappa shape index (κ2) is 3.21. The van der Waals surface area contributed by atoms with E-state index in [0.717, 1.165) is 15.8 Å². The van der Waals surface area contributed by atoms with Crippen LogP contribution in [0.4, 0.5) is 0 Å². The monoisotopic (exact) mass is 265 g/mol. The second-order valence-corrected chi connectivity index (χ2v) is 3.09. The van der Waals surface area contributed by atoms with Gasteiger partial charge in [-0.25, -0.2) is 4.98 Å². The van der Waals surface area contributed by atoms with E-state index in [1.165, 1.54) is 0 Å². The number of carbonyl (C=O) groups is 1. The number of nitrogens with zero attached hydrogens (tertiary/aromatic N) is 1. The van der Waals surface area contributed by atoms with Crippen LogP contribution in [0.2, 0.25) is 0 Å². The Hall–Kier alpha value is -0.590. The van der Waals surface area contributed by atoms with Crippen molar-refractivity contribution in [3.63, 3.8) is 0 Å². The van der Waals surface area contributed by atoms with E-state index in [1.807, 2.05) is 6.92 Å². The smallest absolute Gasteiger partial charge is 0.284 e. The fraction of sp³-hybridized carbons (Fsp3) is 0.333. The Labute approximate surface area is 77.7 Å². The van der Waals surface area contributed by atoms with E-state index in [1.54, 1.807) is 0 Å². The molecule has 0 radical (unpaired) electrons. The number of primary amides is 1. The van der Waals surface area contributed by atoms with Gasteiger partial charge in [0, 0.05) is 5.69 Å². The largest absolute Gasteiger partial charge is 0.363 e. The minimum atomic E-state index is -0.511. The molecule has 0 saturated carbocycles. The van der Waals surface area contributed by atoms with Gasteiger partial charge in [0.2, 0.25) is 0 Å². The summed E-state index contributed by atoms with van der Waals surface area (Å²) in [6.07, 6.45) is 0.832. The first kappa shape index (κ1) is 8.51. The Kier molecular flexibility index (Phi) is 2.48. The van der Waals surface area contributed by atoms with Gasteiger partial charge in [-0.2, -0.15) is 0 Å². The molecule has 11 heavy (non-hydrogen) atoms. The molecule has 0 aliphatic heterocycles. The highest BCUT2D eigenvalue weighted by Crippen LogP contribution is 2.08. The second-order valence-electron chi connectivity index (χ2n) is 2.07. The molecule has 1 aromatic rings. The third kappa shape index (κ3) is 1.70. The fourth-order valence-electron chi connectivity index (χ4n) is 0.739. The summed E-state index contributed by atoms with van der Waals surface area (Å²) < 4.78 is 0.818. The first-order chi connectivity index (χ1) is 5.15. The van der Waals surface area contributed by atoms with Crippen LogP contribution in [0.1, 0.15) is 23.2 Å². The van der Waals surface area contributed by atoms with E-state index in [4.69, 9.17) is 5.73 Å². The molecular weight excluding hydrogens is 257 g/mol. The molecule has 0 aliphatic rings. The molecule has 1 rings (SSSR count). The van der Waals surface area contributed by atoms with Crippen molar-refractivity contribution >= 4 is 28.5 Å². The quantitative estimate of drug-likeness (QED) is 0.771. The third-order valence-corrected chi connectivity index (χ3v) is 2.21. The summed E-state index contributed by atoms with van der Waals surface area (Å²) in [5.74, 6) is -0.270. The lowest BCUT2D eigenvalue weighted by Gasteiger charge is -1.86. The number of carbonyl (C=O) groups excluding carboxylic acids is 1. The summed E-state index contributed by atoms with van der Waals surface area (Å²) in [5.41, 5.74) is 5.97. The Morgan fingerprint density at radius 2 is 2.45 bits per heavy atom. The first-order valence-corrected chi connectivity index (χ1v) is 4.27. The van der Waals surface area contributed by atoms with Crippen molar-refractivity contribution in [3.05, 3.63) is 15.2 Å². The Morgan fingerprint density at radius 1 is 1.82 bits per heavy atom. The summed E-state index contributed by atoms with van der Waals surface area (Å²) in [6, 6.07) is 0. The summed E-state index contributed by atoms with van der Waals surface area (Å²) >= 11 is 2.06. The molecule has 0 bridgehead atoms. The topological polar surface area (TPSA) is 71.8 Å². The predicted octanol–water partition coefficient (Wildman–Crippen LogP) is 0.676. The molecule has 5 heteroatoms. The maximum atomic E-state index is 10.6. The number of rotatable bonds is 2. The lowest BCUT2D eigenvalue weighted by molar-refractivity contribution is 0.0991. The number of nitrogens with one attached hydrogen (secondary N) is 1. The van der Waals surface area contributed by atoms with Crippen LogP contribution in [0, 0.1) is 3.70 Å². The van der Waals surface area contributed by atoms with Crippen LogP contribution in [-0.2, 0) is 6.42 Å². The van der Waals surface area contributed by atoms with Gasteiger partial charge >= 0.3 is 0 Å². The van der Waals surface area contributed by atoms with E-state index in [2.05, 4.69) is 32.6 Å². The van der Waals surface area contributed by atoms with Gasteiger partial charge in [-0.05, 0) is 29.0 Å². The zero-order valence-electron chi connectivity index (χ0n) is 6.02. The Balaban J connectivity index is 3.05. The number of imidazole rings is 1. The fourth-order valence-corrected chi connectivity index (χ4v) is 1.50. The molecule has 0 aliphatic carbocycles. The molecule has 0 unspecified atom stereocenters. The minimum Gasteiger partial charge on any atom is -0.363 e. The van der Waals surface area contributed by atoms with Crippen LogP contribution in [0.15, 0.2) is 0 Å². The number of aromatic nitrogens is 2. The maximum absolute atomic E-state index is 10.6. The molecule has 0 aromatic carbocycles. The molecule has 0 saturated heterocycles. The summed E-state index contributed by atoms with van der Waals surface area (Å²) in [6.45, 7) is 1.99. The number of hydrogen-bond donors (Lipinski definition) is 2. The lowest BCUT2D eigenvalue weighted by Crippen LogP contribution is -2.12. The van der Waals surface area contributed by atoms with E-state index in [-0.39, 0.29) is 5.82 Å². The molecule has 0 spiro atoms. The van der Waals surface area contributed by atoms with Gasteiger partial charge in [-0.15, -0.1) is 0 Å². The van der Waals surface area contributed by atoms with Crippen LogP contribution in [-0.4, -0.2) is 15.9 Å². The highest BCUT2D eigenvalue weighted by Gasteiger charge is 2.08. The van der Waals surface area contributed by atoms with Crippen molar-refractivity contribution in [1.29, 1.82) is 0 Å². The van der Waals surface area contributed by atoms with Gasteiger partial charge in [0.25, 0.3) is 5.91 Å². The summed E-state index contributed by atoms with van der Waals surface area (Å²) in [5, 5.41) is 0. The highest BCUT2D eigenvalue weighted by molar-refractivity contribution is 14.1. The summed E-state index contributed by atoms with van der Waals surface area (Å²) in [7, 11) is 0. The van der Waals surface area contributed by atoms with E-state index >= 15 is 0 Å². The summed E-state index contributed by atoms with van der Waals surface area (Å²) in [4.78, 5) is 17.4. The van der Waals surface area contributed by atoms with E-state index < -0.39 is 5.91 Å². The standard InChI is InChI=1S/C6H8IN3O/c1-2-3-4(7)10-6(9-3)5(8)11/h2H2,1H3,(H2,8,11)(H,9,10). The minimum absolute atomic E-state index is 0.242. The third-order valence-electron chi connectivity index (χ3n) is 1.32. The number of nitrogens with two attached hydrogens (primary N) is 1. The average molecular weight is 265 g/mol. The first-order valence-electron chi connectivity index (χ1n) is 3.19. The van der Waals surface area contributed by atoms with Gasteiger partial charge in [-0.1, -0.05) is 6.92 Å². The van der Waals surface area contributed by atoms with Gasteiger partial charge in [0.05, 0.1) is 0 Å². The number of amides is 1. The van der Waals surface area contributed by atoms with Crippen LogP contribution in [0.3, 0.4) is 0 Å². The average Bonchev–Trinajstić information content (AvgIpc) is 2.31. The zero-order chi connectivity index (χ0) is 8.43. The van der Waals surface area contributed by atoms with Crippen molar-refractivity contribution in [2.24, 2.45) is 5.73 Å². The van der Waals surface area contributed by atoms with Gasteiger partial charge in [-0.3, -0.25) is 4.79 Å². The van der Waals surface area contributed by atoms with Crippen molar-refractivity contribution in [1.82, 2.24) is 9.97 Å². The van der Waals surface area contributed by atoms with Gasteiger partial charge in [0.15, 0.2) is 5.82 Å². The van der Waals surface area contributed by atoms with Gasteiger partial charge < -0.3 is 10.7 Å². The number of hydrogen-bond acceptors (Lipinski definition) is 2. The predicted molar refractivity (Wildman–Crippen MR) is 49.2 cm³/mol. The number of aryl methyl sites for hydroxylation is 1. The molecule has 3 N–H and O–H groups in total. The maximum Gasteiger partial charge on any atom is 0.284 e. The van der Waals surface area contributed by atoms with E-state index in [0.29, 0.717) is 0 Å². The van der Waals surface area contributed by atoms with Crippen molar-refractivity contribution in [3.8, 4) is 0 Å². The van der Waals surface area contributed by atoms with Crippen LogP contribution in [0.5, 0.6) is 0 Å². The van der Waals surface area contributed by atoms with Crippen molar-refractivity contribution < 1.29 is 4.79 Å². The molecule has 1 heterocycles. The molecule has 60 valence electrons. The van der Waals surface area contributed by atoms with Gasteiger partial charge in [0.1, 0.15) is 3.70 Å². The zero-order valence-corrected chi connectivity index (χ0v) is 8.18. The normalized spacial score (nSPS) is 10.0. The molecule has 0 fully saturated rings. The number of halogens is 1. The van der Waals surface area contributed by atoms with Crippen LogP contribution in [0.25, 0.3) is 0 Å². The Bertz CT molecular complexity index is 281. The molecule has 4 nitrogen and oxygen atoms in total. The highest BCUT2D eigenvalue weighted by atomic mass is 127. The van der Waals surface area contributed by atoms with Crippen LogP contribution < -0.4 is 5.73 Å². The molecule has 1 aromatic heterocycles. The lowest BCUT2D eigenvalue weighted by atomic mass is 10.4. The number of aromatic amines is 1. The van der Waals surface area contributed by atoms with Crippen molar-refractivity contribution in [2.45, 2.75) is 13.3 Å². The SMILES string of the molecule is CCc1[nH]c(C(N)=O)nc1I. The molecule has 0 atom stereocenters. The number of H-pyrrole nitrogens is 1. The molecular formula is C6H8IN3O. The van der Waals surface area contributed by atoms with E-state index in [9.17, 15) is 4.79 Å². The Morgan fingerprint density at radius 3 is 2.73 bits per heavy atom. The van der Waals surface area contributed by atoms with Crippen LogP contribution >= 0.6 is 22.6 Å². The van der Waals surface area contributed by atoms with Crippen molar-refractivity contribution in [2.75, 3.05) is 0 Å².